The van der Waals surface area contributed by atoms with Gasteiger partial charge in [-0.15, -0.1) is 0 Å². The van der Waals surface area contributed by atoms with Gasteiger partial charge in [0.25, 0.3) is 5.24 Å². The lowest BCUT2D eigenvalue weighted by atomic mass is 10.3. The highest BCUT2D eigenvalue weighted by molar-refractivity contribution is 8.17. The van der Waals surface area contributed by atoms with Gasteiger partial charge < -0.3 is 0 Å². The number of nitrogens with zero attached hydrogens (tertiary/aromatic N) is 1. The molecular weight excluding hydrogens is 182 g/mol. The smallest absolute Gasteiger partial charge is 0.290 e. The molecule has 0 bridgehead atoms. The molecule has 3 heteroatoms. The van der Waals surface area contributed by atoms with Crippen molar-refractivity contribution >= 4 is 22.7 Å². The van der Waals surface area contributed by atoms with Crippen LogP contribution in [0.5, 0.6) is 0 Å². The van der Waals surface area contributed by atoms with Crippen LogP contribution in [0.15, 0.2) is 41.8 Å². The third kappa shape index (κ3) is 1.60. The highest BCUT2D eigenvalue weighted by Gasteiger charge is 2.25. The summed E-state index contributed by atoms with van der Waals surface area (Å²) in [6.07, 6.45) is 0. The molecule has 13 heavy (non-hydrogen) atoms. The van der Waals surface area contributed by atoms with Crippen LogP contribution in [0.4, 0.5) is 10.5 Å². The first-order valence-corrected chi connectivity index (χ1v) is 4.81. The van der Waals surface area contributed by atoms with Gasteiger partial charge in [-0.05, 0) is 23.9 Å². The van der Waals surface area contributed by atoms with E-state index in [1.165, 1.54) is 11.8 Å². The van der Waals surface area contributed by atoms with Crippen LogP contribution in [0, 0.1) is 0 Å². The summed E-state index contributed by atoms with van der Waals surface area (Å²) < 4.78 is 0. The van der Waals surface area contributed by atoms with Crippen molar-refractivity contribution in [3.8, 4) is 0 Å². The molecule has 0 spiro atoms. The second-order valence-electron chi connectivity index (χ2n) is 2.83. The second kappa shape index (κ2) is 3.26. The van der Waals surface area contributed by atoms with E-state index < -0.39 is 0 Å². The van der Waals surface area contributed by atoms with Crippen LogP contribution in [0.3, 0.4) is 0 Å². The molecule has 0 N–H and O–H groups in total. The van der Waals surface area contributed by atoms with Crippen molar-refractivity contribution in [2.75, 3.05) is 11.4 Å². The molecule has 0 radical (unpaired) electrons. The number of hydrogen-bond acceptors (Lipinski definition) is 2. The first-order chi connectivity index (χ1) is 6.27. The average Bonchev–Trinajstić information content (AvgIpc) is 2.47. The third-order valence-electron chi connectivity index (χ3n) is 1.85. The Morgan fingerprint density at radius 2 is 2.00 bits per heavy atom. The minimum Gasteiger partial charge on any atom is -0.298 e. The van der Waals surface area contributed by atoms with E-state index in [0.717, 1.165) is 10.6 Å². The number of thioether (sulfide) groups is 1. The van der Waals surface area contributed by atoms with E-state index in [4.69, 9.17) is 0 Å². The zero-order valence-corrected chi connectivity index (χ0v) is 7.88. The standard InChI is InChI=1S/C10H9NOS/c1-8-7-11(10(12)13-8)9-5-3-2-4-6-9/h2-6H,1,7H2. The summed E-state index contributed by atoms with van der Waals surface area (Å²) >= 11 is 1.22. The fourth-order valence-corrected chi connectivity index (χ4v) is 1.98. The third-order valence-corrected chi connectivity index (χ3v) is 2.67. The number of rotatable bonds is 1. The molecule has 0 saturated carbocycles. The molecule has 1 saturated heterocycles. The lowest BCUT2D eigenvalue weighted by Crippen LogP contribution is -2.21. The van der Waals surface area contributed by atoms with E-state index in [9.17, 15) is 4.79 Å². The molecule has 1 fully saturated rings. The first-order valence-electron chi connectivity index (χ1n) is 3.99. The number of amides is 1. The van der Waals surface area contributed by atoms with E-state index in [2.05, 4.69) is 6.58 Å². The molecule has 66 valence electrons. The summed E-state index contributed by atoms with van der Waals surface area (Å²) in [5, 5.41) is 0.0659. The topological polar surface area (TPSA) is 20.3 Å². The van der Waals surface area contributed by atoms with Gasteiger partial charge in [-0.2, -0.15) is 0 Å². The Labute approximate surface area is 81.2 Å². The number of carbonyl (C=O) groups excluding carboxylic acids is 1. The van der Waals surface area contributed by atoms with Crippen LogP contribution in [0.25, 0.3) is 0 Å². The van der Waals surface area contributed by atoms with Gasteiger partial charge in [-0.25, -0.2) is 0 Å². The number of para-hydroxylation sites is 1. The van der Waals surface area contributed by atoms with Crippen molar-refractivity contribution < 1.29 is 4.79 Å². The molecule has 1 aromatic rings. The Bertz CT molecular complexity index is 347. The lowest BCUT2D eigenvalue weighted by Gasteiger charge is -2.13. The summed E-state index contributed by atoms with van der Waals surface area (Å²) in [6.45, 7) is 4.41. The fraction of sp³-hybridized carbons (Fsp3) is 0.100. The van der Waals surface area contributed by atoms with Crippen molar-refractivity contribution in [1.29, 1.82) is 0 Å². The minimum atomic E-state index is 0.0659. The highest BCUT2D eigenvalue weighted by Crippen LogP contribution is 2.31. The zero-order chi connectivity index (χ0) is 9.26. The molecule has 0 aromatic heterocycles. The summed E-state index contributed by atoms with van der Waals surface area (Å²) in [4.78, 5) is 14.1. The van der Waals surface area contributed by atoms with E-state index in [0.29, 0.717) is 6.54 Å². The average molecular weight is 191 g/mol. The summed E-state index contributed by atoms with van der Waals surface area (Å²) in [5.41, 5.74) is 0.943. The van der Waals surface area contributed by atoms with Gasteiger partial charge in [0.1, 0.15) is 0 Å². The first kappa shape index (κ1) is 8.38. The van der Waals surface area contributed by atoms with E-state index in [1.54, 1.807) is 4.90 Å². The molecule has 2 rings (SSSR count). The van der Waals surface area contributed by atoms with Crippen molar-refractivity contribution in [3.05, 3.63) is 41.8 Å². The zero-order valence-electron chi connectivity index (χ0n) is 7.06. The lowest BCUT2D eigenvalue weighted by molar-refractivity contribution is 0.266. The van der Waals surface area contributed by atoms with Crippen LogP contribution in [0.2, 0.25) is 0 Å². The SMILES string of the molecule is C=C1CN(c2ccccc2)C(=O)S1. The van der Waals surface area contributed by atoms with Crippen molar-refractivity contribution in [2.45, 2.75) is 0 Å². The van der Waals surface area contributed by atoms with Crippen molar-refractivity contribution in [2.24, 2.45) is 0 Å². The second-order valence-corrected chi connectivity index (χ2v) is 3.96. The Kier molecular flexibility index (Phi) is 2.10. The molecule has 0 unspecified atom stereocenters. The maximum Gasteiger partial charge on any atom is 0.290 e. The van der Waals surface area contributed by atoms with Gasteiger partial charge in [0.05, 0.1) is 6.54 Å². The van der Waals surface area contributed by atoms with Crippen LogP contribution in [-0.2, 0) is 0 Å². The number of carbonyl (C=O) groups is 1. The quantitative estimate of drug-likeness (QED) is 0.680. The molecule has 1 aliphatic rings. The van der Waals surface area contributed by atoms with Gasteiger partial charge in [0.15, 0.2) is 0 Å². The molecular formula is C10H9NOS. The molecule has 1 heterocycles. The van der Waals surface area contributed by atoms with E-state index in [-0.39, 0.29) is 5.24 Å². The van der Waals surface area contributed by atoms with Gasteiger partial charge in [-0.3, -0.25) is 9.69 Å². The largest absolute Gasteiger partial charge is 0.298 e. The fourth-order valence-electron chi connectivity index (χ4n) is 1.26. The maximum absolute atomic E-state index is 11.4. The molecule has 0 aliphatic carbocycles. The molecule has 2 nitrogen and oxygen atoms in total. The molecule has 1 aliphatic heterocycles. The molecule has 1 aromatic carbocycles. The van der Waals surface area contributed by atoms with Gasteiger partial charge >= 0.3 is 0 Å². The Morgan fingerprint density at radius 1 is 1.31 bits per heavy atom. The monoisotopic (exact) mass is 191 g/mol. The Morgan fingerprint density at radius 3 is 2.54 bits per heavy atom. The molecule has 0 atom stereocenters. The van der Waals surface area contributed by atoms with E-state index >= 15 is 0 Å². The van der Waals surface area contributed by atoms with Crippen LogP contribution >= 0.6 is 11.8 Å². The van der Waals surface area contributed by atoms with Gasteiger partial charge in [0, 0.05) is 10.6 Å². The number of hydrogen-bond donors (Lipinski definition) is 0. The predicted molar refractivity (Wildman–Crippen MR) is 55.9 cm³/mol. The van der Waals surface area contributed by atoms with Crippen LogP contribution < -0.4 is 4.90 Å². The maximum atomic E-state index is 11.4. The summed E-state index contributed by atoms with van der Waals surface area (Å²) in [5.74, 6) is 0. The summed E-state index contributed by atoms with van der Waals surface area (Å²) in [7, 11) is 0. The van der Waals surface area contributed by atoms with Crippen LogP contribution in [-0.4, -0.2) is 11.8 Å². The highest BCUT2D eigenvalue weighted by atomic mass is 32.2. The normalized spacial score (nSPS) is 16.8. The van der Waals surface area contributed by atoms with Gasteiger partial charge in [-0.1, -0.05) is 24.8 Å². The number of benzene rings is 1. The van der Waals surface area contributed by atoms with Gasteiger partial charge in [0.2, 0.25) is 0 Å². The van der Waals surface area contributed by atoms with Crippen molar-refractivity contribution in [1.82, 2.24) is 0 Å². The Balaban J connectivity index is 2.28. The van der Waals surface area contributed by atoms with Crippen molar-refractivity contribution in [3.63, 3.8) is 0 Å². The van der Waals surface area contributed by atoms with E-state index in [1.807, 2.05) is 30.3 Å². The molecule has 1 amide bonds. The summed E-state index contributed by atoms with van der Waals surface area (Å²) in [6, 6.07) is 9.64. The number of anilines is 1. The predicted octanol–water partition coefficient (Wildman–Crippen LogP) is 2.87. The van der Waals surface area contributed by atoms with Crippen LogP contribution in [0.1, 0.15) is 0 Å². The minimum absolute atomic E-state index is 0.0659. The Hall–Kier alpha value is -1.22.